The van der Waals surface area contributed by atoms with Gasteiger partial charge in [0.05, 0.1) is 13.2 Å². The van der Waals surface area contributed by atoms with Gasteiger partial charge in [-0.25, -0.2) is 0 Å². The van der Waals surface area contributed by atoms with Crippen molar-refractivity contribution >= 4 is 32.3 Å². The van der Waals surface area contributed by atoms with Crippen molar-refractivity contribution in [3.05, 3.63) is 158 Å². The monoisotopic (exact) mass is 1010 g/mol. The molecule has 0 fully saturated rings. The van der Waals surface area contributed by atoms with E-state index in [1.165, 1.54) is 244 Å². The summed E-state index contributed by atoms with van der Waals surface area (Å²) >= 11 is 0. The molecule has 0 saturated carbocycles. The van der Waals surface area contributed by atoms with Crippen LogP contribution in [-0.4, -0.2) is 13.2 Å². The smallest absolute Gasteiger partial charge is 0.161 e. The molecule has 0 saturated heterocycles. The van der Waals surface area contributed by atoms with Crippen LogP contribution in [-0.2, 0) is 0 Å². The number of unbranched alkanes of at least 4 members (excludes halogenated alkanes) is 26. The third-order valence-electron chi connectivity index (χ3n) is 16.1. The van der Waals surface area contributed by atoms with Gasteiger partial charge in [-0.05, 0) is 102 Å². The molecule has 0 radical (unpaired) electrons. The van der Waals surface area contributed by atoms with Crippen molar-refractivity contribution in [3.8, 4) is 56.0 Å². The summed E-state index contributed by atoms with van der Waals surface area (Å²) in [7, 11) is 0. The van der Waals surface area contributed by atoms with E-state index < -0.39 is 0 Å². The van der Waals surface area contributed by atoms with Crippen LogP contribution in [0.2, 0.25) is 0 Å². The Labute approximate surface area is 460 Å². The standard InChI is InChI=1S/C74H92O2/c1-3-5-7-9-11-13-15-17-19-21-23-25-27-43-55-75-67-57-65-66(58-68(67)76-56-44-28-26-24-22-20-18-16-14-12-10-8-6-4-2)72(62-51-39-32-40-52-62)74-70(60-47-35-30-36-48-60)64-54-42-41-53-63(64)69(59-45-33-29-34-46-59)73(74)71(65)61-49-37-31-38-50-61/h29-42,45-54,57-58H,3-28,43-44,55-56H2,1-2H3. The zero-order valence-electron chi connectivity index (χ0n) is 47.0. The lowest BCUT2D eigenvalue weighted by Gasteiger charge is -2.26. The molecule has 0 aliphatic rings. The van der Waals surface area contributed by atoms with Gasteiger partial charge in [-0.2, -0.15) is 0 Å². The average Bonchev–Trinajstić information content (AvgIpc) is 3.51. The van der Waals surface area contributed by atoms with E-state index in [0.29, 0.717) is 13.2 Å². The molecule has 0 heterocycles. The molecular formula is C74H92O2. The maximum absolute atomic E-state index is 7.03. The summed E-state index contributed by atoms with van der Waals surface area (Å²) in [6.45, 7) is 5.96. The Kier molecular flexibility index (Phi) is 23.7. The van der Waals surface area contributed by atoms with Crippen molar-refractivity contribution in [3.63, 3.8) is 0 Å². The lowest BCUT2D eigenvalue weighted by molar-refractivity contribution is 0.259. The Morgan fingerprint density at radius 2 is 0.461 bits per heavy atom. The number of fused-ring (bicyclic) bond motifs is 3. The number of rotatable bonds is 36. The Hall–Kier alpha value is -5.86. The predicted molar refractivity (Wildman–Crippen MR) is 332 cm³/mol. The largest absolute Gasteiger partial charge is 0.490 e. The summed E-state index contributed by atoms with van der Waals surface area (Å²) in [6, 6.07) is 58.3. The quantitative estimate of drug-likeness (QED) is 0.0288. The third kappa shape index (κ3) is 15.9. The molecule has 0 spiro atoms. The normalized spacial score (nSPS) is 11.6. The lowest BCUT2D eigenvalue weighted by atomic mass is 9.77. The van der Waals surface area contributed by atoms with Crippen LogP contribution in [0.4, 0.5) is 0 Å². The highest BCUT2D eigenvalue weighted by Crippen LogP contribution is 2.55. The van der Waals surface area contributed by atoms with Gasteiger partial charge in [-0.3, -0.25) is 0 Å². The van der Waals surface area contributed by atoms with Crippen LogP contribution < -0.4 is 9.47 Å². The van der Waals surface area contributed by atoms with Gasteiger partial charge in [0.2, 0.25) is 0 Å². The maximum atomic E-state index is 7.03. The SMILES string of the molecule is CCCCCCCCCCCCCCCCOc1cc2c(-c3ccccc3)c3c(-c4ccccc4)c4ccccc4c(-c4ccccc4)c3c(-c3ccccc3)c2cc1OCCCCCCCCCCCCCCCC. The van der Waals surface area contributed by atoms with E-state index >= 15 is 0 Å². The molecule has 0 bridgehead atoms. The van der Waals surface area contributed by atoms with Gasteiger partial charge in [0.15, 0.2) is 11.5 Å². The lowest BCUT2D eigenvalue weighted by Crippen LogP contribution is -2.04. The minimum atomic E-state index is 0.677. The summed E-state index contributed by atoms with van der Waals surface area (Å²) in [6.07, 6.45) is 37.5. The van der Waals surface area contributed by atoms with Gasteiger partial charge in [-0.1, -0.05) is 326 Å². The fourth-order valence-electron chi connectivity index (χ4n) is 12.0. The molecule has 0 N–H and O–H groups in total. The first-order valence-corrected chi connectivity index (χ1v) is 30.8. The molecule has 2 nitrogen and oxygen atoms in total. The Balaban J connectivity index is 1.14. The molecular weight excluding hydrogens is 921 g/mol. The van der Waals surface area contributed by atoms with E-state index in [1.807, 2.05) is 0 Å². The van der Waals surface area contributed by atoms with Gasteiger partial charge in [0, 0.05) is 0 Å². The second kappa shape index (κ2) is 32.0. The van der Waals surface area contributed by atoms with E-state index in [1.54, 1.807) is 0 Å². The number of hydrogen-bond acceptors (Lipinski definition) is 2. The minimum absolute atomic E-state index is 0.677. The predicted octanol–water partition coefficient (Wildman–Crippen LogP) is 23.5. The zero-order valence-corrected chi connectivity index (χ0v) is 47.0. The first kappa shape index (κ1) is 56.3. The maximum Gasteiger partial charge on any atom is 0.161 e. The molecule has 8 rings (SSSR count). The van der Waals surface area contributed by atoms with Crippen molar-refractivity contribution in [2.75, 3.05) is 13.2 Å². The van der Waals surface area contributed by atoms with Crippen molar-refractivity contribution in [1.82, 2.24) is 0 Å². The van der Waals surface area contributed by atoms with E-state index in [0.717, 1.165) is 24.3 Å². The highest BCUT2D eigenvalue weighted by molar-refractivity contribution is 6.34. The van der Waals surface area contributed by atoms with Crippen molar-refractivity contribution in [2.45, 2.75) is 194 Å². The molecule has 400 valence electrons. The summed E-state index contributed by atoms with van der Waals surface area (Å²) in [4.78, 5) is 0. The van der Waals surface area contributed by atoms with Gasteiger partial charge < -0.3 is 9.47 Å². The average molecular weight is 1010 g/mol. The molecule has 2 heteroatoms. The molecule has 8 aromatic rings. The summed E-state index contributed by atoms with van der Waals surface area (Å²) in [5.41, 5.74) is 9.77. The Bertz CT molecular complexity index is 2690. The highest BCUT2D eigenvalue weighted by atomic mass is 16.5. The third-order valence-corrected chi connectivity index (χ3v) is 16.1. The van der Waals surface area contributed by atoms with Crippen molar-refractivity contribution in [2.24, 2.45) is 0 Å². The highest BCUT2D eigenvalue weighted by Gasteiger charge is 2.27. The van der Waals surface area contributed by atoms with Crippen LogP contribution in [0.25, 0.3) is 76.8 Å². The van der Waals surface area contributed by atoms with Crippen molar-refractivity contribution in [1.29, 1.82) is 0 Å². The Morgan fingerprint density at radius 3 is 0.724 bits per heavy atom. The van der Waals surface area contributed by atoms with Crippen LogP contribution >= 0.6 is 0 Å². The minimum Gasteiger partial charge on any atom is -0.490 e. The van der Waals surface area contributed by atoms with Crippen LogP contribution in [0.5, 0.6) is 11.5 Å². The Morgan fingerprint density at radius 1 is 0.237 bits per heavy atom. The number of hydrogen-bond donors (Lipinski definition) is 0. The van der Waals surface area contributed by atoms with Crippen LogP contribution in [0, 0.1) is 0 Å². The molecule has 0 unspecified atom stereocenters. The molecule has 0 amide bonds. The molecule has 0 aromatic heterocycles. The van der Waals surface area contributed by atoms with E-state index in [-0.39, 0.29) is 0 Å². The van der Waals surface area contributed by atoms with E-state index in [9.17, 15) is 0 Å². The van der Waals surface area contributed by atoms with E-state index in [4.69, 9.17) is 9.47 Å². The molecule has 0 aliphatic heterocycles. The van der Waals surface area contributed by atoms with Gasteiger partial charge in [0.1, 0.15) is 0 Å². The van der Waals surface area contributed by atoms with E-state index in [2.05, 4.69) is 172 Å². The fourth-order valence-corrected chi connectivity index (χ4v) is 12.0. The number of ether oxygens (including phenoxy) is 2. The van der Waals surface area contributed by atoms with Crippen molar-refractivity contribution < 1.29 is 9.47 Å². The zero-order chi connectivity index (χ0) is 52.2. The van der Waals surface area contributed by atoms with Gasteiger partial charge in [0.25, 0.3) is 0 Å². The van der Waals surface area contributed by atoms with Crippen LogP contribution in [0.3, 0.4) is 0 Å². The summed E-state index contributed by atoms with van der Waals surface area (Å²) in [5, 5.41) is 7.38. The van der Waals surface area contributed by atoms with Crippen LogP contribution in [0.1, 0.15) is 194 Å². The summed E-state index contributed by atoms with van der Waals surface area (Å²) < 4.78 is 14.1. The first-order chi connectivity index (χ1) is 37.8. The second-order valence-corrected chi connectivity index (χ2v) is 22.0. The molecule has 0 atom stereocenters. The summed E-state index contributed by atoms with van der Waals surface area (Å²) in [5.74, 6) is 1.71. The van der Waals surface area contributed by atoms with Gasteiger partial charge in [-0.15, -0.1) is 0 Å². The molecule has 76 heavy (non-hydrogen) atoms. The molecule has 8 aromatic carbocycles. The van der Waals surface area contributed by atoms with Gasteiger partial charge >= 0.3 is 0 Å². The second-order valence-electron chi connectivity index (χ2n) is 22.0. The molecule has 0 aliphatic carbocycles. The number of benzene rings is 8. The topological polar surface area (TPSA) is 18.5 Å². The fraction of sp³-hybridized carbons (Fsp3) is 0.432. The van der Waals surface area contributed by atoms with Crippen LogP contribution in [0.15, 0.2) is 158 Å². The first-order valence-electron chi connectivity index (χ1n) is 30.8.